The van der Waals surface area contributed by atoms with Crippen LogP contribution in [0, 0.1) is 0 Å². The molecule has 6 nitrogen and oxygen atoms in total. The Bertz CT molecular complexity index is 357. The Morgan fingerprint density at radius 1 is 1.25 bits per heavy atom. The molecule has 0 aromatic carbocycles. The smallest absolute Gasteiger partial charge is 0.215 e. The summed E-state index contributed by atoms with van der Waals surface area (Å²) in [6.07, 6.45) is 1.03. The summed E-state index contributed by atoms with van der Waals surface area (Å²) >= 11 is 0. The minimum atomic E-state index is -4.09. The Hall–Kier alpha value is -0.180. The van der Waals surface area contributed by atoms with E-state index in [0.29, 0.717) is 16.6 Å². The minimum Gasteiger partial charge on any atom is -0.215 e. The van der Waals surface area contributed by atoms with E-state index in [2.05, 4.69) is 0 Å². The van der Waals surface area contributed by atoms with Gasteiger partial charge in [0.1, 0.15) is 0 Å². The van der Waals surface area contributed by atoms with Gasteiger partial charge in [0.25, 0.3) is 10.2 Å². The summed E-state index contributed by atoms with van der Waals surface area (Å²) in [5, 5.41) is 4.70. The third-order valence-electron chi connectivity index (χ3n) is 1.59. The Kier molecular flexibility index (Phi) is 2.43. The van der Waals surface area contributed by atoms with Gasteiger partial charge >= 0.3 is 0 Å². The van der Waals surface area contributed by atoms with Crippen LogP contribution in [0.15, 0.2) is 0 Å². The molecule has 0 atom stereocenters. The maximum atomic E-state index is 11.1. The number of nitrogens with zero attached hydrogens (tertiary/aromatic N) is 1. The second kappa shape index (κ2) is 2.95. The summed E-state index contributed by atoms with van der Waals surface area (Å²) in [6, 6.07) is 0. The Labute approximate surface area is 71.6 Å². The molecule has 0 saturated carbocycles. The highest BCUT2D eigenvalue weighted by atomic mass is 32.3. The molecule has 0 bridgehead atoms. The lowest BCUT2D eigenvalue weighted by molar-refractivity contribution is 0.470. The summed E-state index contributed by atoms with van der Waals surface area (Å²) in [5.41, 5.74) is 0. The zero-order valence-electron chi connectivity index (χ0n) is 6.30. The van der Waals surface area contributed by atoms with E-state index in [0.717, 1.165) is 0 Å². The first-order valence-corrected chi connectivity index (χ1v) is 6.48. The fourth-order valence-corrected chi connectivity index (χ4v) is 4.11. The van der Waals surface area contributed by atoms with Crippen LogP contribution in [-0.4, -0.2) is 32.8 Å². The highest BCUT2D eigenvalue weighted by Crippen LogP contribution is 2.15. The molecule has 12 heavy (non-hydrogen) atoms. The molecule has 0 unspecified atom stereocenters. The van der Waals surface area contributed by atoms with Crippen molar-refractivity contribution < 1.29 is 16.8 Å². The largest absolute Gasteiger partial charge is 0.290 e. The van der Waals surface area contributed by atoms with Crippen molar-refractivity contribution in [3.63, 3.8) is 0 Å². The first-order chi connectivity index (χ1) is 5.34. The molecular weight excluding hydrogens is 204 g/mol. The maximum absolute atomic E-state index is 11.1. The van der Waals surface area contributed by atoms with E-state index in [4.69, 9.17) is 5.14 Å². The molecule has 0 aromatic heterocycles. The van der Waals surface area contributed by atoms with Crippen molar-refractivity contribution in [2.75, 3.05) is 12.3 Å². The van der Waals surface area contributed by atoms with Crippen molar-refractivity contribution >= 4 is 20.2 Å². The summed E-state index contributed by atoms with van der Waals surface area (Å²) < 4.78 is 44.0. The molecule has 2 N–H and O–H groups in total. The quantitative estimate of drug-likeness (QED) is 0.581. The first kappa shape index (κ1) is 9.90. The molecule has 0 aliphatic carbocycles. The van der Waals surface area contributed by atoms with Gasteiger partial charge < -0.3 is 0 Å². The van der Waals surface area contributed by atoms with E-state index in [1.165, 1.54) is 0 Å². The number of sulfonamides is 1. The van der Waals surface area contributed by atoms with E-state index in [1.54, 1.807) is 0 Å². The van der Waals surface area contributed by atoms with Crippen LogP contribution in [0.2, 0.25) is 0 Å². The molecule has 1 aliphatic rings. The van der Waals surface area contributed by atoms with Crippen molar-refractivity contribution in [3.8, 4) is 0 Å². The van der Waals surface area contributed by atoms with Crippen molar-refractivity contribution in [2.45, 2.75) is 12.8 Å². The van der Waals surface area contributed by atoms with E-state index in [9.17, 15) is 16.8 Å². The van der Waals surface area contributed by atoms with Crippen molar-refractivity contribution in [3.05, 3.63) is 0 Å². The van der Waals surface area contributed by atoms with Crippen LogP contribution in [0.1, 0.15) is 12.8 Å². The fourth-order valence-electron chi connectivity index (χ4n) is 1.05. The highest BCUT2D eigenvalue weighted by Gasteiger charge is 2.33. The van der Waals surface area contributed by atoms with E-state index in [1.807, 2.05) is 0 Å². The molecule has 0 amide bonds. The van der Waals surface area contributed by atoms with Crippen LogP contribution in [-0.2, 0) is 20.2 Å². The fraction of sp³-hybridized carbons (Fsp3) is 1.00. The Morgan fingerprint density at radius 3 is 2.17 bits per heavy atom. The maximum Gasteiger partial charge on any atom is 0.290 e. The number of hydrogen-bond donors (Lipinski definition) is 1. The van der Waals surface area contributed by atoms with Gasteiger partial charge in [-0.3, -0.25) is 0 Å². The average molecular weight is 214 g/mol. The van der Waals surface area contributed by atoms with Crippen molar-refractivity contribution in [1.82, 2.24) is 3.71 Å². The monoisotopic (exact) mass is 214 g/mol. The molecule has 1 heterocycles. The van der Waals surface area contributed by atoms with Crippen LogP contribution in [0.25, 0.3) is 0 Å². The normalized spacial score (nSPS) is 25.4. The van der Waals surface area contributed by atoms with Gasteiger partial charge in [0, 0.05) is 6.54 Å². The highest BCUT2D eigenvalue weighted by molar-refractivity contribution is 8.03. The summed E-state index contributed by atoms with van der Waals surface area (Å²) in [6.45, 7) is -0.0266. The van der Waals surface area contributed by atoms with E-state index < -0.39 is 20.2 Å². The Balaban J connectivity index is 3.05. The molecule has 0 aromatic rings. The van der Waals surface area contributed by atoms with E-state index in [-0.39, 0.29) is 12.3 Å². The molecule has 1 aliphatic heterocycles. The molecule has 8 heteroatoms. The lowest BCUT2D eigenvalue weighted by atomic mass is 10.3. The topological polar surface area (TPSA) is 97.5 Å². The molecule has 0 spiro atoms. The van der Waals surface area contributed by atoms with Crippen molar-refractivity contribution in [2.24, 2.45) is 5.14 Å². The van der Waals surface area contributed by atoms with Gasteiger partial charge in [-0.25, -0.2) is 13.6 Å². The van der Waals surface area contributed by atoms with Gasteiger partial charge in [0.15, 0.2) is 0 Å². The lowest BCUT2D eigenvalue weighted by Gasteiger charge is -2.23. The third-order valence-corrected chi connectivity index (χ3v) is 5.25. The molecular formula is C4H10N2O4S2. The number of hydrogen-bond acceptors (Lipinski definition) is 4. The standard InChI is InChI=1S/C4H10N2O4S2/c5-12(9,10)6-3-1-2-4-11(6,7)8/h1-4H2,(H2,5,9,10). The van der Waals surface area contributed by atoms with Crippen LogP contribution >= 0.6 is 0 Å². The predicted octanol–water partition coefficient (Wildman–Crippen LogP) is -1.38. The van der Waals surface area contributed by atoms with Gasteiger partial charge in [0.05, 0.1) is 5.75 Å². The van der Waals surface area contributed by atoms with Gasteiger partial charge in [-0.1, -0.05) is 3.71 Å². The Morgan fingerprint density at radius 2 is 1.83 bits per heavy atom. The van der Waals surface area contributed by atoms with Crippen LogP contribution < -0.4 is 5.14 Å². The zero-order valence-corrected chi connectivity index (χ0v) is 7.94. The molecule has 1 rings (SSSR count). The van der Waals surface area contributed by atoms with Gasteiger partial charge in [0.2, 0.25) is 10.0 Å². The van der Waals surface area contributed by atoms with Gasteiger partial charge in [-0.2, -0.15) is 8.42 Å². The van der Waals surface area contributed by atoms with Gasteiger partial charge in [-0.05, 0) is 12.8 Å². The average Bonchev–Trinajstić information content (AvgIpc) is 1.83. The second-order valence-corrected chi connectivity index (χ2v) is 6.28. The van der Waals surface area contributed by atoms with Gasteiger partial charge in [-0.15, -0.1) is 0 Å². The first-order valence-electron chi connectivity index (χ1n) is 3.37. The van der Waals surface area contributed by atoms with Crippen LogP contribution in [0.5, 0.6) is 0 Å². The SMILES string of the molecule is NS(=O)(=O)N1CCCCS1(=O)=O. The van der Waals surface area contributed by atoms with Crippen LogP contribution in [0.4, 0.5) is 0 Å². The van der Waals surface area contributed by atoms with Crippen LogP contribution in [0.3, 0.4) is 0 Å². The minimum absolute atomic E-state index is 0.0266. The zero-order chi connectivity index (χ0) is 9.41. The summed E-state index contributed by atoms with van der Waals surface area (Å²) in [5.74, 6) is -0.135. The summed E-state index contributed by atoms with van der Waals surface area (Å²) in [7, 11) is -7.75. The molecule has 72 valence electrons. The number of nitrogens with two attached hydrogens (primary N) is 1. The summed E-state index contributed by atoms with van der Waals surface area (Å²) in [4.78, 5) is 0. The third kappa shape index (κ3) is 1.94. The molecule has 1 saturated heterocycles. The van der Waals surface area contributed by atoms with E-state index >= 15 is 0 Å². The predicted molar refractivity (Wildman–Crippen MR) is 42.8 cm³/mol. The lowest BCUT2D eigenvalue weighted by Crippen LogP contribution is -2.45. The number of rotatable bonds is 1. The molecule has 0 radical (unpaired) electrons. The molecule has 1 fully saturated rings. The second-order valence-electron chi connectivity index (χ2n) is 2.56. The van der Waals surface area contributed by atoms with Crippen molar-refractivity contribution in [1.29, 1.82) is 0 Å².